The van der Waals surface area contributed by atoms with Crippen LogP contribution in [0.3, 0.4) is 0 Å². The van der Waals surface area contributed by atoms with Crippen molar-refractivity contribution in [3.8, 4) is 0 Å². The molecule has 4 heterocycles. The Labute approximate surface area is 394 Å². The van der Waals surface area contributed by atoms with Crippen LogP contribution in [-0.2, 0) is 101 Å². The number of esters is 3. The van der Waals surface area contributed by atoms with Crippen molar-refractivity contribution in [3.05, 3.63) is 108 Å². The summed E-state index contributed by atoms with van der Waals surface area (Å²) in [6.45, 7) is 7.93. The predicted molar refractivity (Wildman–Crippen MR) is 235 cm³/mol. The molecule has 2 amide bonds. The highest BCUT2D eigenvalue weighted by Crippen LogP contribution is 2.39. The molecule has 7 rings (SSSR count). The monoisotopic (exact) mass is 948 g/mol. The van der Waals surface area contributed by atoms with Gasteiger partial charge in [-0.2, -0.15) is 0 Å². The smallest absolute Gasteiger partial charge is 0.303 e. The fraction of sp³-hybridized carbons (Fsp3) is 0.531. The van der Waals surface area contributed by atoms with Crippen molar-refractivity contribution in [2.24, 2.45) is 0 Å². The van der Waals surface area contributed by atoms with E-state index >= 15 is 0 Å². The lowest BCUT2D eigenvalue weighted by Crippen LogP contribution is -2.70. The van der Waals surface area contributed by atoms with Crippen molar-refractivity contribution in [1.82, 2.24) is 10.6 Å². The van der Waals surface area contributed by atoms with E-state index in [2.05, 4.69) is 10.6 Å². The number of benzene rings is 3. The molecule has 4 aliphatic heterocycles. The molecule has 2 N–H and O–H groups in total. The average Bonchev–Trinajstić information content (AvgIpc) is 3.75. The number of amides is 2. The number of hydrogen-bond acceptors (Lipinski definition) is 17. The van der Waals surface area contributed by atoms with E-state index in [1.807, 2.05) is 97.9 Å². The van der Waals surface area contributed by atoms with Gasteiger partial charge >= 0.3 is 17.9 Å². The van der Waals surface area contributed by atoms with Gasteiger partial charge in [-0.3, -0.25) is 24.0 Å². The lowest BCUT2D eigenvalue weighted by molar-refractivity contribution is -0.358. The second-order valence-corrected chi connectivity index (χ2v) is 17.0. The van der Waals surface area contributed by atoms with Gasteiger partial charge in [0.05, 0.1) is 32.5 Å². The van der Waals surface area contributed by atoms with Crippen LogP contribution in [-0.4, -0.2) is 135 Å². The van der Waals surface area contributed by atoms with Gasteiger partial charge in [0.25, 0.3) is 0 Å². The van der Waals surface area contributed by atoms with Gasteiger partial charge in [-0.15, -0.1) is 0 Å². The first-order chi connectivity index (χ1) is 32.7. The van der Waals surface area contributed by atoms with E-state index in [-0.39, 0.29) is 26.4 Å². The summed E-state index contributed by atoms with van der Waals surface area (Å²) in [6.07, 6.45) is -14.2. The largest absolute Gasteiger partial charge is 0.463 e. The maximum absolute atomic E-state index is 13.0. The first-order valence-electron chi connectivity index (χ1n) is 22.6. The number of ether oxygens (including phenoxy) is 12. The van der Waals surface area contributed by atoms with Gasteiger partial charge in [-0.1, -0.05) is 91.0 Å². The lowest BCUT2D eigenvalue weighted by Gasteiger charge is -2.50. The Morgan fingerprint density at radius 3 is 1.56 bits per heavy atom. The van der Waals surface area contributed by atoms with Crippen molar-refractivity contribution in [1.29, 1.82) is 0 Å². The van der Waals surface area contributed by atoms with Gasteiger partial charge in [0.1, 0.15) is 61.4 Å². The topological polar surface area (TPSA) is 220 Å². The first-order valence-corrected chi connectivity index (χ1v) is 22.6. The van der Waals surface area contributed by atoms with Crippen LogP contribution in [0.15, 0.2) is 91.0 Å². The minimum Gasteiger partial charge on any atom is -0.463 e. The van der Waals surface area contributed by atoms with Gasteiger partial charge in [0.2, 0.25) is 11.8 Å². The molecule has 4 saturated heterocycles. The molecule has 3 aromatic carbocycles. The third-order valence-electron chi connectivity index (χ3n) is 11.7. The third kappa shape index (κ3) is 13.2. The summed E-state index contributed by atoms with van der Waals surface area (Å²) in [5, 5.41) is 5.65. The van der Waals surface area contributed by atoms with Crippen molar-refractivity contribution in [2.45, 2.75) is 153 Å². The van der Waals surface area contributed by atoms with Crippen molar-refractivity contribution in [2.75, 3.05) is 13.2 Å². The van der Waals surface area contributed by atoms with Crippen LogP contribution < -0.4 is 10.6 Å². The number of rotatable bonds is 19. The number of carbonyl (C=O) groups excluding carboxylic acids is 5. The van der Waals surface area contributed by atoms with E-state index < -0.39 is 128 Å². The quantitative estimate of drug-likeness (QED) is 0.130. The molecular weight excluding hydrogens is 889 g/mol. The van der Waals surface area contributed by atoms with Crippen LogP contribution in [0.2, 0.25) is 0 Å². The highest BCUT2D eigenvalue weighted by Gasteiger charge is 2.59. The molecule has 19 heteroatoms. The fourth-order valence-corrected chi connectivity index (χ4v) is 8.78. The zero-order valence-corrected chi connectivity index (χ0v) is 38.8. The molecule has 15 atom stereocenters. The van der Waals surface area contributed by atoms with E-state index in [0.29, 0.717) is 0 Å². The lowest BCUT2D eigenvalue weighted by atomic mass is 9.94. The van der Waals surface area contributed by atoms with Gasteiger partial charge in [0, 0.05) is 34.6 Å². The summed E-state index contributed by atoms with van der Waals surface area (Å²) >= 11 is 0. The molecule has 0 spiro atoms. The van der Waals surface area contributed by atoms with E-state index in [0.717, 1.165) is 30.5 Å². The second-order valence-electron chi connectivity index (χ2n) is 17.0. The number of carbonyl (C=O) groups is 5. The van der Waals surface area contributed by atoms with Crippen LogP contribution in [0, 0.1) is 0 Å². The normalized spacial score (nSPS) is 32.1. The van der Waals surface area contributed by atoms with Crippen LogP contribution in [0.4, 0.5) is 0 Å². The molecule has 0 aromatic heterocycles. The predicted octanol–water partition coefficient (Wildman–Crippen LogP) is 3.17. The standard InChI is InChI=1S/C49H60N2O17/c1-27-40(58-22-33-16-10-7-11-17-33)45(59-23-34-18-12-8-13-19-34)46(60-24-35-20-14-9-15-21-35)49(62-27)68-44-38(50-28(2)52)47-61-26-37(65-47)42(44)67-48-39(51-29(3)53)43(64-32(6)56)41(63-31(5)55)36(66-48)25-57-30(4)54/h7-21,27,36-49H,22-26H2,1-6H3,(H,50,52)(H,51,53)/t27-,36+,37+,38+,39+,40+,41+,42+,43+,44+,45+,46-,47?,48-,49-/m0/s1. The van der Waals surface area contributed by atoms with Crippen LogP contribution in [0.1, 0.15) is 58.2 Å². The molecule has 4 fully saturated rings. The van der Waals surface area contributed by atoms with Gasteiger partial charge in [0.15, 0.2) is 31.1 Å². The van der Waals surface area contributed by atoms with Crippen molar-refractivity contribution in [3.63, 3.8) is 0 Å². The highest BCUT2D eigenvalue weighted by molar-refractivity contribution is 5.74. The van der Waals surface area contributed by atoms with Crippen LogP contribution >= 0.6 is 0 Å². The SMILES string of the molecule is CC(=O)N[C@H]1[C@H](O[C@H]2[C@H](O[C@@H]3O[C@@H](C)[C@@H](OCc4ccccc4)[C@@H](OCc4ccccc4)[C@@H]3OCc3ccccc3)[C@@H](NC(C)=O)C3OC[C@H]2O3)O[C@H](COC(C)=O)[C@@H](OC(C)=O)[C@@H]1OC(C)=O. The second kappa shape index (κ2) is 23.8. The summed E-state index contributed by atoms with van der Waals surface area (Å²) in [6, 6.07) is 26.5. The highest BCUT2D eigenvalue weighted by atomic mass is 16.8. The number of fused-ring (bicyclic) bond motifs is 2. The minimum absolute atomic E-state index is 0.0306. The molecule has 0 saturated carbocycles. The van der Waals surface area contributed by atoms with E-state index in [9.17, 15) is 24.0 Å². The molecule has 3 aromatic rings. The molecule has 1 unspecified atom stereocenters. The summed E-state index contributed by atoms with van der Waals surface area (Å²) in [7, 11) is 0. The summed E-state index contributed by atoms with van der Waals surface area (Å²) in [5.41, 5.74) is 2.70. The van der Waals surface area contributed by atoms with E-state index in [1.54, 1.807) is 0 Å². The Morgan fingerprint density at radius 1 is 0.529 bits per heavy atom. The average molecular weight is 949 g/mol. The summed E-state index contributed by atoms with van der Waals surface area (Å²) in [5.74, 6) is -3.25. The molecule has 0 radical (unpaired) electrons. The maximum atomic E-state index is 13.0. The van der Waals surface area contributed by atoms with Crippen LogP contribution in [0.25, 0.3) is 0 Å². The number of hydrogen-bond donors (Lipinski definition) is 2. The Morgan fingerprint density at radius 2 is 1.03 bits per heavy atom. The Kier molecular flexibility index (Phi) is 17.7. The Balaban J connectivity index is 1.27. The molecule has 0 aliphatic carbocycles. The molecule has 68 heavy (non-hydrogen) atoms. The summed E-state index contributed by atoms with van der Waals surface area (Å²) in [4.78, 5) is 63.1. The molecule has 2 bridgehead atoms. The van der Waals surface area contributed by atoms with Gasteiger partial charge < -0.3 is 67.5 Å². The number of nitrogens with one attached hydrogen (secondary N) is 2. The molecule has 19 nitrogen and oxygen atoms in total. The maximum Gasteiger partial charge on any atom is 0.303 e. The molecule has 4 aliphatic rings. The molecular formula is C49H60N2O17. The zero-order chi connectivity index (χ0) is 48.3. The molecule has 368 valence electrons. The summed E-state index contributed by atoms with van der Waals surface area (Å²) < 4.78 is 76.4. The Bertz CT molecular complexity index is 2130. The van der Waals surface area contributed by atoms with Gasteiger partial charge in [-0.05, 0) is 23.6 Å². The van der Waals surface area contributed by atoms with Crippen molar-refractivity contribution >= 4 is 29.7 Å². The van der Waals surface area contributed by atoms with Gasteiger partial charge in [-0.25, -0.2) is 0 Å². The van der Waals surface area contributed by atoms with Crippen molar-refractivity contribution < 1.29 is 80.8 Å². The van der Waals surface area contributed by atoms with Crippen LogP contribution in [0.5, 0.6) is 0 Å². The van der Waals surface area contributed by atoms with E-state index in [4.69, 9.17) is 56.8 Å². The third-order valence-corrected chi connectivity index (χ3v) is 11.7. The minimum atomic E-state index is -1.53. The Hall–Kier alpha value is -5.35. The van der Waals surface area contributed by atoms with E-state index in [1.165, 1.54) is 20.8 Å². The fourth-order valence-electron chi connectivity index (χ4n) is 8.78. The zero-order valence-electron chi connectivity index (χ0n) is 38.8. The first kappa shape index (κ1) is 50.5.